The van der Waals surface area contributed by atoms with Gasteiger partial charge in [-0.15, -0.1) is 0 Å². The van der Waals surface area contributed by atoms with Gasteiger partial charge in [0.2, 0.25) is 0 Å². The molecule has 1 unspecified atom stereocenters. The number of sulfone groups is 1. The number of ether oxygens (including phenoxy) is 1. The van der Waals surface area contributed by atoms with E-state index >= 15 is 0 Å². The molecule has 1 N–H and O–H groups in total. The molecule has 2 atom stereocenters. The third-order valence-corrected chi connectivity index (χ3v) is 9.56. The Hall–Kier alpha value is -3.93. The van der Waals surface area contributed by atoms with E-state index in [0.29, 0.717) is 23.2 Å². The first kappa shape index (κ1) is 29.2. The van der Waals surface area contributed by atoms with E-state index in [9.17, 15) is 13.2 Å². The molecular formula is C32H36N6O4S. The zero-order chi connectivity index (χ0) is 30.1. The van der Waals surface area contributed by atoms with Gasteiger partial charge in [0.25, 0.3) is 5.91 Å². The summed E-state index contributed by atoms with van der Waals surface area (Å²) in [5, 5.41) is 3.72. The van der Waals surface area contributed by atoms with Crippen molar-refractivity contribution >= 4 is 32.5 Å². The maximum atomic E-state index is 12.8. The molecule has 0 aliphatic carbocycles. The van der Waals surface area contributed by atoms with Crippen molar-refractivity contribution in [2.45, 2.75) is 31.3 Å². The Morgan fingerprint density at radius 1 is 1.02 bits per heavy atom. The van der Waals surface area contributed by atoms with E-state index in [1.807, 2.05) is 30.3 Å². The topological polar surface area (TPSA) is 118 Å². The van der Waals surface area contributed by atoms with Gasteiger partial charge in [-0.1, -0.05) is 19.1 Å². The largest absolute Gasteiger partial charge is 0.379 e. The fraction of sp³-hybridized carbons (Fsp3) is 0.375. The van der Waals surface area contributed by atoms with E-state index in [2.05, 4.69) is 33.1 Å². The van der Waals surface area contributed by atoms with E-state index in [4.69, 9.17) is 14.7 Å². The number of nitrogens with one attached hydrogen (secondary N) is 1. The summed E-state index contributed by atoms with van der Waals surface area (Å²) in [6.45, 7) is 9.66. The Bertz CT molecular complexity index is 1770. The van der Waals surface area contributed by atoms with E-state index < -0.39 is 9.84 Å². The van der Waals surface area contributed by atoms with Crippen molar-refractivity contribution in [2.75, 3.05) is 50.5 Å². The van der Waals surface area contributed by atoms with Crippen molar-refractivity contribution in [1.29, 1.82) is 0 Å². The molecule has 1 aromatic carbocycles. The monoisotopic (exact) mass is 600 g/mol. The van der Waals surface area contributed by atoms with Gasteiger partial charge in [0.05, 0.1) is 47.3 Å². The van der Waals surface area contributed by atoms with Crippen LogP contribution in [0.4, 0.5) is 5.82 Å². The van der Waals surface area contributed by atoms with E-state index in [1.54, 1.807) is 25.3 Å². The average molecular weight is 601 g/mol. The number of anilines is 1. The van der Waals surface area contributed by atoms with Crippen LogP contribution in [0.5, 0.6) is 0 Å². The Kier molecular flexibility index (Phi) is 8.13. The Morgan fingerprint density at radius 3 is 2.60 bits per heavy atom. The molecule has 1 amide bonds. The predicted molar refractivity (Wildman–Crippen MR) is 166 cm³/mol. The molecule has 2 fully saturated rings. The number of benzene rings is 1. The third kappa shape index (κ3) is 6.39. The standard InChI is InChI=1S/C32H36N6O4S/c1-21-7-8-23(15-30(21)43(3,40)41)32(39)34-18-25-16-28-24(17-33-25)9-10-27(35-28)26-5-4-6-31(36-26)38-19-22(2)29(20-38)37-11-13-42-14-12-37/h4-10,15-17,22,29H,11-14,18-20H2,1-3H3,(H,34,39)/t22-,29?/m1/s1. The maximum Gasteiger partial charge on any atom is 0.251 e. The molecule has 5 heterocycles. The van der Waals surface area contributed by atoms with Crippen LogP contribution in [0.2, 0.25) is 0 Å². The van der Waals surface area contributed by atoms with Crippen LogP contribution in [0.3, 0.4) is 0 Å². The van der Waals surface area contributed by atoms with Crippen molar-refractivity contribution in [3.63, 3.8) is 0 Å². The first-order chi connectivity index (χ1) is 20.7. The summed E-state index contributed by atoms with van der Waals surface area (Å²) in [6, 6.07) is 17.0. The number of hydrogen-bond acceptors (Lipinski definition) is 9. The molecule has 0 spiro atoms. The molecule has 224 valence electrons. The molecule has 10 nitrogen and oxygen atoms in total. The number of fused-ring (bicyclic) bond motifs is 1. The number of carbonyl (C=O) groups is 1. The average Bonchev–Trinajstić information content (AvgIpc) is 3.41. The van der Waals surface area contributed by atoms with Gasteiger partial charge < -0.3 is 15.0 Å². The molecule has 43 heavy (non-hydrogen) atoms. The minimum Gasteiger partial charge on any atom is -0.379 e. The zero-order valence-corrected chi connectivity index (χ0v) is 25.5. The van der Waals surface area contributed by atoms with Crippen LogP contribution in [0, 0.1) is 12.8 Å². The number of nitrogens with zero attached hydrogens (tertiary/aromatic N) is 5. The molecule has 0 bridgehead atoms. The first-order valence-electron chi connectivity index (χ1n) is 14.5. The third-order valence-electron chi connectivity index (χ3n) is 8.32. The first-order valence-corrected chi connectivity index (χ1v) is 16.4. The predicted octanol–water partition coefficient (Wildman–Crippen LogP) is 3.49. The highest BCUT2D eigenvalue weighted by Gasteiger charge is 2.35. The van der Waals surface area contributed by atoms with Crippen molar-refractivity contribution in [3.8, 4) is 11.4 Å². The Morgan fingerprint density at radius 2 is 1.81 bits per heavy atom. The lowest BCUT2D eigenvalue weighted by atomic mass is 10.0. The summed E-state index contributed by atoms with van der Waals surface area (Å²) in [7, 11) is -3.44. The number of hydrogen-bond donors (Lipinski definition) is 1. The van der Waals surface area contributed by atoms with Gasteiger partial charge in [0.1, 0.15) is 5.82 Å². The number of amides is 1. The number of rotatable bonds is 7. The fourth-order valence-corrected chi connectivity index (χ4v) is 6.97. The van der Waals surface area contributed by atoms with Crippen LogP contribution in [-0.4, -0.2) is 85.9 Å². The lowest BCUT2D eigenvalue weighted by molar-refractivity contribution is 0.0134. The van der Waals surface area contributed by atoms with Crippen molar-refractivity contribution in [1.82, 2.24) is 25.2 Å². The smallest absolute Gasteiger partial charge is 0.251 e. The second-order valence-electron chi connectivity index (χ2n) is 11.5. The van der Waals surface area contributed by atoms with Crippen molar-refractivity contribution in [2.24, 2.45) is 5.92 Å². The molecule has 0 radical (unpaired) electrons. The number of aryl methyl sites for hydroxylation is 1. The number of pyridine rings is 3. The van der Waals surface area contributed by atoms with Crippen LogP contribution in [-0.2, 0) is 21.1 Å². The summed E-state index contributed by atoms with van der Waals surface area (Å²) >= 11 is 0. The fourth-order valence-electron chi connectivity index (χ4n) is 5.97. The molecule has 2 saturated heterocycles. The second kappa shape index (κ2) is 12.0. The van der Waals surface area contributed by atoms with Gasteiger partial charge in [0, 0.05) is 55.6 Å². The minimum atomic E-state index is -3.44. The number of morpholine rings is 1. The molecule has 11 heteroatoms. The maximum absolute atomic E-state index is 12.8. The Balaban J connectivity index is 1.17. The highest BCUT2D eigenvalue weighted by Crippen LogP contribution is 2.28. The van der Waals surface area contributed by atoms with Crippen LogP contribution in [0.1, 0.15) is 28.5 Å². The molecule has 0 saturated carbocycles. The summed E-state index contributed by atoms with van der Waals surface area (Å²) in [5.74, 6) is 1.12. The van der Waals surface area contributed by atoms with Crippen LogP contribution in [0.25, 0.3) is 22.3 Å². The molecule has 2 aliphatic heterocycles. The second-order valence-corrected chi connectivity index (χ2v) is 13.5. The van der Waals surface area contributed by atoms with Gasteiger partial charge in [-0.25, -0.2) is 18.4 Å². The summed E-state index contributed by atoms with van der Waals surface area (Å²) < 4.78 is 29.7. The van der Waals surface area contributed by atoms with Gasteiger partial charge in [-0.05, 0) is 60.9 Å². The highest BCUT2D eigenvalue weighted by atomic mass is 32.2. The lowest BCUT2D eigenvalue weighted by Crippen LogP contribution is -2.46. The minimum absolute atomic E-state index is 0.148. The van der Waals surface area contributed by atoms with E-state index in [0.717, 1.165) is 73.8 Å². The van der Waals surface area contributed by atoms with Crippen molar-refractivity contribution < 1.29 is 17.9 Å². The quantitative estimate of drug-likeness (QED) is 0.340. The van der Waals surface area contributed by atoms with Crippen LogP contribution in [0.15, 0.2) is 65.7 Å². The normalized spacial score (nSPS) is 19.6. The molecule has 3 aromatic heterocycles. The van der Waals surface area contributed by atoms with Crippen LogP contribution >= 0.6 is 0 Å². The summed E-state index contributed by atoms with van der Waals surface area (Å²) in [5.41, 5.74) is 3.84. The number of aromatic nitrogens is 3. The lowest BCUT2D eigenvalue weighted by Gasteiger charge is -2.34. The molecule has 2 aliphatic rings. The van der Waals surface area contributed by atoms with E-state index in [1.165, 1.54) is 6.07 Å². The van der Waals surface area contributed by atoms with Crippen molar-refractivity contribution in [3.05, 3.63) is 77.6 Å². The van der Waals surface area contributed by atoms with Gasteiger partial charge >= 0.3 is 0 Å². The van der Waals surface area contributed by atoms with Crippen LogP contribution < -0.4 is 10.2 Å². The number of carbonyl (C=O) groups excluding carboxylic acids is 1. The molecular weight excluding hydrogens is 564 g/mol. The molecule has 4 aromatic rings. The van der Waals surface area contributed by atoms with E-state index in [-0.39, 0.29) is 22.9 Å². The van der Waals surface area contributed by atoms with Gasteiger partial charge in [-0.2, -0.15) is 0 Å². The van der Waals surface area contributed by atoms with Gasteiger partial charge in [0.15, 0.2) is 9.84 Å². The SMILES string of the molecule is Cc1ccc(C(=O)NCc2cc3nc(-c4cccc(N5CC(N6CCOCC6)[C@H](C)C5)n4)ccc3cn2)cc1S(C)(=O)=O. The summed E-state index contributed by atoms with van der Waals surface area (Å²) in [4.78, 5) is 32.2. The Labute approximate surface area is 252 Å². The molecule has 6 rings (SSSR count). The van der Waals surface area contributed by atoms with Gasteiger partial charge in [-0.3, -0.25) is 14.7 Å². The zero-order valence-electron chi connectivity index (χ0n) is 24.7. The summed E-state index contributed by atoms with van der Waals surface area (Å²) in [6.07, 6.45) is 2.88. The highest BCUT2D eigenvalue weighted by molar-refractivity contribution is 7.90.